The van der Waals surface area contributed by atoms with Crippen molar-refractivity contribution in [1.82, 2.24) is 5.43 Å². The quantitative estimate of drug-likeness (QED) is 0.120. The zero-order valence-electron chi connectivity index (χ0n) is 24.4. The van der Waals surface area contributed by atoms with Gasteiger partial charge < -0.3 is 14.8 Å². The summed E-state index contributed by atoms with van der Waals surface area (Å²) < 4.78 is 38.8. The number of nitrogens with one attached hydrogen (secondary N) is 2. The van der Waals surface area contributed by atoms with Crippen molar-refractivity contribution in [1.29, 1.82) is 0 Å². The Morgan fingerprint density at radius 2 is 1.50 bits per heavy atom. The molecule has 0 heterocycles. The molecule has 4 rings (SSSR count). The van der Waals surface area contributed by atoms with Crippen molar-refractivity contribution < 1.29 is 27.5 Å². The van der Waals surface area contributed by atoms with Crippen LogP contribution >= 0.6 is 11.8 Å². The molecule has 4 aromatic carbocycles. The van der Waals surface area contributed by atoms with Crippen LogP contribution in [0.25, 0.3) is 0 Å². The van der Waals surface area contributed by atoms with Crippen molar-refractivity contribution >= 4 is 51.2 Å². The third kappa shape index (κ3) is 8.85. The first-order chi connectivity index (χ1) is 21.2. The van der Waals surface area contributed by atoms with E-state index in [0.717, 1.165) is 14.8 Å². The van der Waals surface area contributed by atoms with Gasteiger partial charge in [-0.25, -0.2) is 13.8 Å². The van der Waals surface area contributed by atoms with Crippen LogP contribution in [0.15, 0.2) is 112 Å². The minimum atomic E-state index is -4.04. The number of anilines is 2. The molecule has 0 aromatic heterocycles. The molecule has 228 valence electrons. The number of rotatable bonds is 13. The zero-order valence-corrected chi connectivity index (χ0v) is 26.0. The fourth-order valence-electron chi connectivity index (χ4n) is 3.92. The summed E-state index contributed by atoms with van der Waals surface area (Å²) in [7, 11) is -2.47. The van der Waals surface area contributed by atoms with Gasteiger partial charge in [-0.2, -0.15) is 5.10 Å². The normalized spacial score (nSPS) is 11.2. The summed E-state index contributed by atoms with van der Waals surface area (Å²) >= 11 is 1.50. The first-order valence-corrected chi connectivity index (χ1v) is 16.1. The average Bonchev–Trinajstić information content (AvgIpc) is 3.04. The Kier molecular flexibility index (Phi) is 11.0. The summed E-state index contributed by atoms with van der Waals surface area (Å²) in [5, 5.41) is 6.72. The molecular weight excluding hydrogens is 601 g/mol. The molecular formula is C32H32N4O6S2. The zero-order chi connectivity index (χ0) is 31.5. The van der Waals surface area contributed by atoms with Crippen LogP contribution in [0.2, 0.25) is 0 Å². The van der Waals surface area contributed by atoms with Crippen molar-refractivity contribution in [3.05, 3.63) is 108 Å². The van der Waals surface area contributed by atoms with E-state index in [4.69, 9.17) is 9.47 Å². The van der Waals surface area contributed by atoms with Gasteiger partial charge in [0.15, 0.2) is 6.61 Å². The molecule has 4 aromatic rings. The van der Waals surface area contributed by atoms with E-state index < -0.39 is 22.5 Å². The molecule has 12 heteroatoms. The lowest BCUT2D eigenvalue weighted by molar-refractivity contribution is -0.119. The van der Waals surface area contributed by atoms with Crippen LogP contribution in [0.3, 0.4) is 0 Å². The third-order valence-electron chi connectivity index (χ3n) is 6.28. The highest BCUT2D eigenvalue weighted by molar-refractivity contribution is 7.98. The SMILES string of the molecule is COc1ccc(NC(=O)COc2ccc(/C=N\NC(=O)CN(c3ccc(C)cc3)S(=O)(=O)c3ccc(SC)cc3)cc2)cc1. The number of hydrogen-bond acceptors (Lipinski definition) is 8. The highest BCUT2D eigenvalue weighted by atomic mass is 32.2. The first kappa shape index (κ1) is 32.1. The number of sulfonamides is 1. The molecule has 2 amide bonds. The van der Waals surface area contributed by atoms with Gasteiger partial charge in [0.2, 0.25) is 0 Å². The number of aryl methyl sites for hydroxylation is 1. The van der Waals surface area contributed by atoms with E-state index in [1.165, 1.54) is 30.1 Å². The van der Waals surface area contributed by atoms with Crippen LogP contribution < -0.4 is 24.5 Å². The molecule has 0 radical (unpaired) electrons. The Morgan fingerprint density at radius 1 is 0.864 bits per heavy atom. The molecule has 44 heavy (non-hydrogen) atoms. The van der Waals surface area contributed by atoms with E-state index in [1.807, 2.05) is 13.2 Å². The Morgan fingerprint density at radius 3 is 2.11 bits per heavy atom. The van der Waals surface area contributed by atoms with Gasteiger partial charge in [0.25, 0.3) is 21.8 Å². The van der Waals surface area contributed by atoms with Gasteiger partial charge in [-0.15, -0.1) is 11.8 Å². The molecule has 0 atom stereocenters. The topological polar surface area (TPSA) is 126 Å². The Labute approximate surface area is 261 Å². The molecule has 0 aliphatic carbocycles. The largest absolute Gasteiger partial charge is 0.497 e. The van der Waals surface area contributed by atoms with Crippen LogP contribution in [-0.4, -0.2) is 53.0 Å². The Hall–Kier alpha value is -4.81. The lowest BCUT2D eigenvalue weighted by atomic mass is 10.2. The number of amides is 2. The summed E-state index contributed by atoms with van der Waals surface area (Å²) in [6.45, 7) is 1.24. The van der Waals surface area contributed by atoms with Crippen LogP contribution in [0.1, 0.15) is 11.1 Å². The molecule has 0 fully saturated rings. The van der Waals surface area contributed by atoms with Gasteiger partial charge in [0.1, 0.15) is 18.0 Å². The third-order valence-corrected chi connectivity index (χ3v) is 8.81. The van der Waals surface area contributed by atoms with Crippen molar-refractivity contribution in [2.24, 2.45) is 5.10 Å². The molecule has 0 unspecified atom stereocenters. The Balaban J connectivity index is 1.34. The number of hydrogen-bond donors (Lipinski definition) is 2. The van der Waals surface area contributed by atoms with Gasteiger partial charge in [0.05, 0.1) is 23.9 Å². The van der Waals surface area contributed by atoms with Gasteiger partial charge in [0, 0.05) is 10.6 Å². The van der Waals surface area contributed by atoms with Gasteiger partial charge in [-0.05, 0) is 104 Å². The summed E-state index contributed by atoms with van der Waals surface area (Å²) in [5.74, 6) is 0.226. The molecule has 0 aliphatic rings. The number of carbonyl (C=O) groups excluding carboxylic acids is 2. The predicted molar refractivity (Wildman–Crippen MR) is 173 cm³/mol. The minimum absolute atomic E-state index is 0.0766. The summed E-state index contributed by atoms with van der Waals surface area (Å²) in [6.07, 6.45) is 3.32. The predicted octanol–water partition coefficient (Wildman–Crippen LogP) is 5.09. The highest BCUT2D eigenvalue weighted by Crippen LogP contribution is 2.26. The van der Waals surface area contributed by atoms with Crippen molar-refractivity contribution in [2.45, 2.75) is 16.7 Å². The second-order valence-corrected chi connectivity index (χ2v) is 12.2. The summed E-state index contributed by atoms with van der Waals surface area (Å²) in [5.41, 5.74) is 4.99. The standard InChI is InChI=1S/C32H32N4O6S2/c1-23-4-10-26(11-5-23)36(44(39,40)30-18-16-29(43-3)17-19-30)21-31(37)35-33-20-24-6-12-28(13-7-24)42-22-32(38)34-25-8-14-27(41-2)15-9-25/h4-20H,21-22H2,1-3H3,(H,34,38)(H,35,37)/b33-20-. The van der Waals surface area contributed by atoms with E-state index in [-0.39, 0.29) is 17.4 Å². The van der Waals surface area contributed by atoms with E-state index in [2.05, 4.69) is 15.8 Å². The monoisotopic (exact) mass is 632 g/mol. The number of benzene rings is 4. The van der Waals surface area contributed by atoms with E-state index in [0.29, 0.717) is 28.4 Å². The van der Waals surface area contributed by atoms with Crippen molar-refractivity contribution in [3.63, 3.8) is 0 Å². The van der Waals surface area contributed by atoms with Crippen molar-refractivity contribution in [2.75, 3.05) is 36.1 Å². The van der Waals surface area contributed by atoms with Crippen LogP contribution in [0.4, 0.5) is 11.4 Å². The number of ether oxygens (including phenoxy) is 2. The summed E-state index contributed by atoms with van der Waals surface area (Å²) in [4.78, 5) is 26.0. The van der Waals surface area contributed by atoms with E-state index in [9.17, 15) is 18.0 Å². The van der Waals surface area contributed by atoms with Gasteiger partial charge >= 0.3 is 0 Å². The molecule has 2 N–H and O–H groups in total. The molecule has 10 nitrogen and oxygen atoms in total. The number of methoxy groups -OCH3 is 1. The van der Waals surface area contributed by atoms with Gasteiger partial charge in [-0.1, -0.05) is 17.7 Å². The lowest BCUT2D eigenvalue weighted by Crippen LogP contribution is -2.39. The average molecular weight is 633 g/mol. The molecule has 0 saturated carbocycles. The molecule has 0 bridgehead atoms. The maximum absolute atomic E-state index is 13.5. The fraction of sp³-hybridized carbons (Fsp3) is 0.156. The molecule has 0 saturated heterocycles. The minimum Gasteiger partial charge on any atom is -0.497 e. The number of hydrazone groups is 1. The second-order valence-electron chi connectivity index (χ2n) is 9.45. The molecule has 0 aliphatic heterocycles. The lowest BCUT2D eigenvalue weighted by Gasteiger charge is -2.24. The van der Waals surface area contributed by atoms with Gasteiger partial charge in [-0.3, -0.25) is 13.9 Å². The van der Waals surface area contributed by atoms with Crippen LogP contribution in [0, 0.1) is 6.92 Å². The second kappa shape index (κ2) is 15.1. The van der Waals surface area contributed by atoms with Crippen LogP contribution in [-0.2, 0) is 19.6 Å². The summed E-state index contributed by atoms with van der Waals surface area (Å²) in [6, 6.07) is 27.1. The first-order valence-electron chi connectivity index (χ1n) is 13.4. The number of nitrogens with zero attached hydrogens (tertiary/aromatic N) is 2. The van der Waals surface area contributed by atoms with E-state index >= 15 is 0 Å². The maximum Gasteiger partial charge on any atom is 0.264 e. The Bertz CT molecular complexity index is 1690. The molecule has 0 spiro atoms. The number of thioether (sulfide) groups is 1. The highest BCUT2D eigenvalue weighted by Gasteiger charge is 2.27. The van der Waals surface area contributed by atoms with Crippen LogP contribution in [0.5, 0.6) is 11.5 Å². The fourth-order valence-corrected chi connectivity index (χ4v) is 5.75. The maximum atomic E-state index is 13.5. The number of carbonyl (C=O) groups is 2. The van der Waals surface area contributed by atoms with Crippen molar-refractivity contribution in [3.8, 4) is 11.5 Å². The van der Waals surface area contributed by atoms with E-state index in [1.54, 1.807) is 92.0 Å². The smallest absolute Gasteiger partial charge is 0.264 e.